The molecular weight excluding hydrogens is 464 g/mol. The predicted octanol–water partition coefficient (Wildman–Crippen LogP) is 4.81. The van der Waals surface area contributed by atoms with Crippen molar-refractivity contribution in [3.8, 4) is 17.2 Å². The van der Waals surface area contributed by atoms with Crippen molar-refractivity contribution in [2.75, 3.05) is 45.3 Å². The zero-order valence-corrected chi connectivity index (χ0v) is 22.3. The average Bonchev–Trinajstić information content (AvgIpc) is 3.28. The Morgan fingerprint density at radius 1 is 0.919 bits per heavy atom. The third-order valence-corrected chi connectivity index (χ3v) is 7.04. The highest BCUT2D eigenvalue weighted by atomic mass is 16.5. The minimum Gasteiger partial charge on any atom is -0.497 e. The molecule has 194 valence electrons. The summed E-state index contributed by atoms with van der Waals surface area (Å²) in [6, 6.07) is 16.3. The van der Waals surface area contributed by atoms with Crippen molar-refractivity contribution in [1.29, 1.82) is 0 Å². The molecule has 0 spiro atoms. The zero-order chi connectivity index (χ0) is 25.8. The van der Waals surface area contributed by atoms with Gasteiger partial charge in [-0.3, -0.25) is 4.90 Å². The summed E-state index contributed by atoms with van der Waals surface area (Å²) in [5.74, 6) is 3.58. The highest BCUT2D eigenvalue weighted by Crippen LogP contribution is 2.31. The molecule has 0 saturated carbocycles. The lowest BCUT2D eigenvalue weighted by atomic mass is 10.1. The van der Waals surface area contributed by atoms with Crippen LogP contribution in [0.3, 0.4) is 0 Å². The maximum Gasteiger partial charge on any atom is 0.168 e. The highest BCUT2D eigenvalue weighted by molar-refractivity contribution is 5.91. The first-order chi connectivity index (χ1) is 18.1. The number of methoxy groups -OCH3 is 2. The van der Waals surface area contributed by atoms with Crippen molar-refractivity contribution in [2.24, 2.45) is 0 Å². The number of aryl methyl sites for hydroxylation is 2. The van der Waals surface area contributed by atoms with Gasteiger partial charge < -0.3 is 14.4 Å². The standard InChI is InChI=1S/C29H36N6O2/c1-5-6-12-26-30-28(27-21(2)32-35(29(27)31-26)23-10-8-7-9-11-23)34-17-15-33(16-18-34)20-22-13-14-24(36-3)19-25(22)37-4/h7-11,13-14,19H,5-6,12,15-18,20H2,1-4H3. The monoisotopic (exact) mass is 500 g/mol. The largest absolute Gasteiger partial charge is 0.497 e. The van der Waals surface area contributed by atoms with E-state index in [1.165, 1.54) is 5.56 Å². The quantitative estimate of drug-likeness (QED) is 0.327. The first-order valence-electron chi connectivity index (χ1n) is 13.1. The van der Waals surface area contributed by atoms with Gasteiger partial charge in [0.1, 0.15) is 23.1 Å². The molecule has 1 aliphatic heterocycles. The molecule has 8 nitrogen and oxygen atoms in total. The number of fused-ring (bicyclic) bond motifs is 1. The van der Waals surface area contributed by atoms with E-state index in [1.54, 1.807) is 14.2 Å². The van der Waals surface area contributed by atoms with Crippen molar-refractivity contribution in [1.82, 2.24) is 24.6 Å². The van der Waals surface area contributed by atoms with E-state index in [1.807, 2.05) is 35.0 Å². The second-order valence-corrected chi connectivity index (χ2v) is 9.54. The minimum absolute atomic E-state index is 0.809. The molecule has 0 N–H and O–H groups in total. The topological polar surface area (TPSA) is 68.5 Å². The number of aromatic nitrogens is 4. The number of benzene rings is 2. The Morgan fingerprint density at radius 3 is 2.41 bits per heavy atom. The second-order valence-electron chi connectivity index (χ2n) is 9.54. The normalized spacial score (nSPS) is 14.3. The first kappa shape index (κ1) is 25.0. The van der Waals surface area contributed by atoms with E-state index in [0.29, 0.717) is 0 Å². The molecule has 8 heteroatoms. The van der Waals surface area contributed by atoms with E-state index >= 15 is 0 Å². The SMILES string of the molecule is CCCCc1nc(N2CCN(Cc3ccc(OC)cc3OC)CC2)c2c(C)nn(-c3ccccc3)c2n1. The van der Waals surface area contributed by atoms with E-state index in [0.717, 1.165) is 97.5 Å². The number of piperazine rings is 1. The van der Waals surface area contributed by atoms with Crippen LogP contribution in [0, 0.1) is 6.92 Å². The number of ether oxygens (including phenoxy) is 2. The summed E-state index contributed by atoms with van der Waals surface area (Å²) in [5.41, 5.74) is 4.04. The predicted molar refractivity (Wildman–Crippen MR) is 147 cm³/mol. The van der Waals surface area contributed by atoms with E-state index < -0.39 is 0 Å². The summed E-state index contributed by atoms with van der Waals surface area (Å²) in [6.07, 6.45) is 3.05. The molecule has 1 saturated heterocycles. The lowest BCUT2D eigenvalue weighted by Gasteiger charge is -2.36. The molecule has 2 aromatic heterocycles. The van der Waals surface area contributed by atoms with E-state index in [9.17, 15) is 0 Å². The van der Waals surface area contributed by atoms with Gasteiger partial charge in [0.05, 0.1) is 31.0 Å². The lowest BCUT2D eigenvalue weighted by molar-refractivity contribution is 0.245. The van der Waals surface area contributed by atoms with Crippen LogP contribution < -0.4 is 14.4 Å². The Labute approximate surface area is 218 Å². The van der Waals surface area contributed by atoms with Crippen LogP contribution in [0.15, 0.2) is 48.5 Å². The summed E-state index contributed by atoms with van der Waals surface area (Å²) >= 11 is 0. The second kappa shape index (κ2) is 11.2. The summed E-state index contributed by atoms with van der Waals surface area (Å²) in [6.45, 7) is 8.78. The van der Waals surface area contributed by atoms with Gasteiger partial charge in [-0.05, 0) is 31.5 Å². The molecule has 0 amide bonds. The fourth-order valence-corrected chi connectivity index (χ4v) is 4.97. The Morgan fingerprint density at radius 2 is 1.70 bits per heavy atom. The van der Waals surface area contributed by atoms with Gasteiger partial charge in [0.15, 0.2) is 5.65 Å². The van der Waals surface area contributed by atoms with E-state index in [2.05, 4.69) is 41.8 Å². The highest BCUT2D eigenvalue weighted by Gasteiger charge is 2.25. The van der Waals surface area contributed by atoms with Gasteiger partial charge in [-0.15, -0.1) is 0 Å². The Balaban J connectivity index is 1.41. The van der Waals surface area contributed by atoms with E-state index in [-0.39, 0.29) is 0 Å². The van der Waals surface area contributed by atoms with Crippen LogP contribution in [-0.4, -0.2) is 65.0 Å². The number of hydrogen-bond acceptors (Lipinski definition) is 7. The maximum absolute atomic E-state index is 5.62. The van der Waals surface area contributed by atoms with Crippen LogP contribution in [0.1, 0.15) is 36.8 Å². The fourth-order valence-electron chi connectivity index (χ4n) is 4.97. The van der Waals surface area contributed by atoms with Crippen LogP contribution in [-0.2, 0) is 13.0 Å². The molecule has 0 aliphatic carbocycles. The van der Waals surface area contributed by atoms with Gasteiger partial charge in [0.25, 0.3) is 0 Å². The molecule has 1 fully saturated rings. The molecule has 4 aromatic rings. The zero-order valence-electron chi connectivity index (χ0n) is 22.3. The van der Waals surface area contributed by atoms with Gasteiger partial charge in [-0.1, -0.05) is 37.6 Å². The van der Waals surface area contributed by atoms with Gasteiger partial charge in [-0.2, -0.15) is 5.10 Å². The molecule has 0 radical (unpaired) electrons. The average molecular weight is 501 g/mol. The molecule has 0 bridgehead atoms. The Hall–Kier alpha value is -3.65. The van der Waals surface area contributed by atoms with Crippen LogP contribution in [0.4, 0.5) is 5.82 Å². The van der Waals surface area contributed by atoms with Crippen molar-refractivity contribution in [3.05, 3.63) is 65.6 Å². The van der Waals surface area contributed by atoms with E-state index in [4.69, 9.17) is 24.5 Å². The molecule has 3 heterocycles. The molecule has 2 aromatic carbocycles. The number of rotatable bonds is 9. The third-order valence-electron chi connectivity index (χ3n) is 7.04. The smallest absolute Gasteiger partial charge is 0.168 e. The number of anilines is 1. The van der Waals surface area contributed by atoms with Crippen molar-refractivity contribution < 1.29 is 9.47 Å². The molecule has 5 rings (SSSR count). The van der Waals surface area contributed by atoms with Crippen LogP contribution in [0.25, 0.3) is 16.7 Å². The lowest BCUT2D eigenvalue weighted by Crippen LogP contribution is -2.46. The van der Waals surface area contributed by atoms with Gasteiger partial charge >= 0.3 is 0 Å². The van der Waals surface area contributed by atoms with Crippen molar-refractivity contribution >= 4 is 16.9 Å². The van der Waals surface area contributed by atoms with Crippen LogP contribution >= 0.6 is 0 Å². The van der Waals surface area contributed by atoms with Crippen molar-refractivity contribution in [2.45, 2.75) is 39.7 Å². The van der Waals surface area contributed by atoms with Gasteiger partial charge in [-0.25, -0.2) is 14.6 Å². The molecule has 1 aliphatic rings. The number of para-hydroxylation sites is 1. The van der Waals surface area contributed by atoms with Crippen LogP contribution in [0.5, 0.6) is 11.5 Å². The summed E-state index contributed by atoms with van der Waals surface area (Å²) in [4.78, 5) is 15.0. The molecule has 37 heavy (non-hydrogen) atoms. The molecular formula is C29H36N6O2. The fraction of sp³-hybridized carbons (Fsp3) is 0.414. The van der Waals surface area contributed by atoms with Crippen LogP contribution in [0.2, 0.25) is 0 Å². The number of nitrogens with zero attached hydrogens (tertiary/aromatic N) is 6. The van der Waals surface area contributed by atoms with Gasteiger partial charge in [0.2, 0.25) is 0 Å². The van der Waals surface area contributed by atoms with Gasteiger partial charge in [0, 0.05) is 50.8 Å². The first-order valence-corrected chi connectivity index (χ1v) is 13.1. The summed E-state index contributed by atoms with van der Waals surface area (Å²) in [5, 5.41) is 5.94. The number of hydrogen-bond donors (Lipinski definition) is 0. The third kappa shape index (κ3) is 5.25. The molecule has 0 atom stereocenters. The minimum atomic E-state index is 0.809. The summed E-state index contributed by atoms with van der Waals surface area (Å²) in [7, 11) is 3.39. The summed E-state index contributed by atoms with van der Waals surface area (Å²) < 4.78 is 12.9. The molecule has 0 unspecified atom stereocenters. The van der Waals surface area contributed by atoms with Crippen molar-refractivity contribution in [3.63, 3.8) is 0 Å². The Bertz CT molecular complexity index is 1350. The Kier molecular flexibility index (Phi) is 7.55. The number of unbranched alkanes of at least 4 members (excludes halogenated alkanes) is 1. The maximum atomic E-state index is 5.62.